The van der Waals surface area contributed by atoms with Crippen molar-refractivity contribution in [2.75, 3.05) is 0 Å². The molecule has 2 saturated carbocycles. The minimum atomic E-state index is -0.0551. The quantitative estimate of drug-likeness (QED) is 0.632. The van der Waals surface area contributed by atoms with Gasteiger partial charge in [0.05, 0.1) is 0 Å². The van der Waals surface area contributed by atoms with Crippen molar-refractivity contribution < 1.29 is 10.2 Å². The number of rotatable bonds is 1. The lowest BCUT2D eigenvalue weighted by atomic mass is 9.80. The van der Waals surface area contributed by atoms with Crippen molar-refractivity contribution in [3.05, 3.63) is 23.8 Å². The van der Waals surface area contributed by atoms with Gasteiger partial charge in [-0.3, -0.25) is 0 Å². The Morgan fingerprint density at radius 1 is 1.06 bits per heavy atom. The summed E-state index contributed by atoms with van der Waals surface area (Å²) in [6.07, 6.45) is 3.74. The summed E-state index contributed by atoms with van der Waals surface area (Å²) in [4.78, 5) is 0. The van der Waals surface area contributed by atoms with Gasteiger partial charge < -0.3 is 15.9 Å². The molecule has 86 valence electrons. The second-order valence-electron chi connectivity index (χ2n) is 5.18. The molecule has 3 heteroatoms. The standard InChI is InChI=1S/C13H17NO2/c14-13-9-2-1-7(5-9)12(13)8-3-4-10(15)11(16)6-8/h3-4,6-7,9,12-13,15-16H,1-2,5,14H2/t7-,9+,12-,13+/m1/s1. The molecule has 2 bridgehead atoms. The van der Waals surface area contributed by atoms with Crippen LogP contribution >= 0.6 is 0 Å². The second kappa shape index (κ2) is 3.39. The molecule has 2 aliphatic rings. The Bertz CT molecular complexity index is 416. The average Bonchev–Trinajstić information content (AvgIpc) is 2.83. The van der Waals surface area contributed by atoms with E-state index in [1.54, 1.807) is 12.1 Å². The van der Waals surface area contributed by atoms with Crippen molar-refractivity contribution in [1.29, 1.82) is 0 Å². The summed E-state index contributed by atoms with van der Waals surface area (Å²) >= 11 is 0. The molecule has 0 aromatic heterocycles. The summed E-state index contributed by atoms with van der Waals surface area (Å²) < 4.78 is 0. The number of benzene rings is 1. The first-order valence-electron chi connectivity index (χ1n) is 5.94. The van der Waals surface area contributed by atoms with Crippen molar-refractivity contribution in [2.45, 2.75) is 31.2 Å². The van der Waals surface area contributed by atoms with Gasteiger partial charge in [-0.25, -0.2) is 0 Å². The number of hydrogen-bond donors (Lipinski definition) is 3. The zero-order valence-corrected chi connectivity index (χ0v) is 9.13. The van der Waals surface area contributed by atoms with Gasteiger partial charge >= 0.3 is 0 Å². The van der Waals surface area contributed by atoms with Crippen LogP contribution in [0.25, 0.3) is 0 Å². The summed E-state index contributed by atoms with van der Waals surface area (Å²) in [6.45, 7) is 0. The van der Waals surface area contributed by atoms with Gasteiger partial charge in [0.2, 0.25) is 0 Å². The van der Waals surface area contributed by atoms with Crippen LogP contribution in [0.15, 0.2) is 18.2 Å². The van der Waals surface area contributed by atoms with Gasteiger partial charge in [0.1, 0.15) is 0 Å². The fourth-order valence-electron chi connectivity index (χ4n) is 3.58. The molecule has 0 aliphatic heterocycles. The minimum absolute atomic E-state index is 0.0347. The first kappa shape index (κ1) is 9.97. The third kappa shape index (κ3) is 1.31. The third-order valence-corrected chi connectivity index (χ3v) is 4.36. The summed E-state index contributed by atoms with van der Waals surface area (Å²) in [5, 5.41) is 18.8. The van der Waals surface area contributed by atoms with Crippen molar-refractivity contribution in [1.82, 2.24) is 0 Å². The molecule has 1 aromatic carbocycles. The topological polar surface area (TPSA) is 66.5 Å². The first-order chi connectivity index (χ1) is 7.66. The van der Waals surface area contributed by atoms with Gasteiger partial charge in [0, 0.05) is 12.0 Å². The maximum Gasteiger partial charge on any atom is 0.157 e. The highest BCUT2D eigenvalue weighted by molar-refractivity contribution is 5.42. The molecule has 4 atom stereocenters. The number of phenols is 2. The lowest BCUT2D eigenvalue weighted by molar-refractivity contribution is 0.362. The maximum absolute atomic E-state index is 9.53. The van der Waals surface area contributed by atoms with Crippen molar-refractivity contribution in [3.63, 3.8) is 0 Å². The zero-order valence-electron chi connectivity index (χ0n) is 9.13. The number of nitrogens with two attached hydrogens (primary N) is 1. The smallest absolute Gasteiger partial charge is 0.157 e. The fraction of sp³-hybridized carbons (Fsp3) is 0.538. The van der Waals surface area contributed by atoms with Crippen LogP contribution in [0.1, 0.15) is 30.7 Å². The van der Waals surface area contributed by atoms with Crippen LogP contribution in [0.4, 0.5) is 0 Å². The molecule has 0 spiro atoms. The normalized spacial score (nSPS) is 36.8. The molecular weight excluding hydrogens is 202 g/mol. The molecule has 3 rings (SSSR count). The monoisotopic (exact) mass is 219 g/mol. The van der Waals surface area contributed by atoms with Crippen LogP contribution in [0.3, 0.4) is 0 Å². The Hall–Kier alpha value is -1.22. The molecule has 0 saturated heterocycles. The van der Waals surface area contributed by atoms with E-state index in [2.05, 4.69) is 0 Å². The predicted octanol–water partition coefficient (Wildman–Crippen LogP) is 1.94. The average molecular weight is 219 g/mol. The predicted molar refractivity (Wildman–Crippen MR) is 61.3 cm³/mol. The van der Waals surface area contributed by atoms with Gasteiger partial charge in [-0.15, -0.1) is 0 Å². The molecule has 0 radical (unpaired) electrons. The van der Waals surface area contributed by atoms with E-state index in [-0.39, 0.29) is 17.5 Å². The van der Waals surface area contributed by atoms with Gasteiger partial charge in [0.25, 0.3) is 0 Å². The molecule has 0 amide bonds. The molecule has 0 heterocycles. The lowest BCUT2D eigenvalue weighted by Crippen LogP contribution is -2.33. The second-order valence-corrected chi connectivity index (χ2v) is 5.18. The van der Waals surface area contributed by atoms with E-state index in [0.717, 1.165) is 5.56 Å². The maximum atomic E-state index is 9.53. The Morgan fingerprint density at radius 2 is 1.81 bits per heavy atom. The molecule has 2 fully saturated rings. The van der Waals surface area contributed by atoms with E-state index in [4.69, 9.17) is 5.73 Å². The largest absolute Gasteiger partial charge is 0.504 e. The molecule has 3 nitrogen and oxygen atoms in total. The van der Waals surface area contributed by atoms with Crippen LogP contribution in [0.2, 0.25) is 0 Å². The number of fused-ring (bicyclic) bond motifs is 2. The number of phenolic OH excluding ortho intramolecular Hbond substituents is 2. The highest BCUT2D eigenvalue weighted by atomic mass is 16.3. The van der Waals surface area contributed by atoms with E-state index in [1.807, 2.05) is 6.07 Å². The summed E-state index contributed by atoms with van der Waals surface area (Å²) in [5.74, 6) is 1.60. The molecule has 4 N–H and O–H groups in total. The van der Waals surface area contributed by atoms with Crippen molar-refractivity contribution in [3.8, 4) is 11.5 Å². The van der Waals surface area contributed by atoms with E-state index < -0.39 is 0 Å². The van der Waals surface area contributed by atoms with Crippen LogP contribution < -0.4 is 5.73 Å². The van der Waals surface area contributed by atoms with Crippen LogP contribution in [0, 0.1) is 11.8 Å². The Kier molecular flexibility index (Phi) is 2.11. The summed E-state index contributed by atoms with van der Waals surface area (Å²) in [5.41, 5.74) is 7.32. The van der Waals surface area contributed by atoms with Gasteiger partial charge in [-0.1, -0.05) is 6.07 Å². The van der Waals surface area contributed by atoms with Gasteiger partial charge in [-0.05, 0) is 48.8 Å². The van der Waals surface area contributed by atoms with E-state index in [0.29, 0.717) is 17.8 Å². The highest BCUT2D eigenvalue weighted by Gasteiger charge is 2.46. The highest BCUT2D eigenvalue weighted by Crippen LogP contribution is 2.52. The SMILES string of the molecule is N[C@H]1[C@H]2CC[C@H](C2)[C@@H]1c1ccc(O)c(O)c1. The zero-order chi connectivity index (χ0) is 11.3. The van der Waals surface area contributed by atoms with Gasteiger partial charge in [-0.2, -0.15) is 0 Å². The van der Waals surface area contributed by atoms with Gasteiger partial charge in [0.15, 0.2) is 11.5 Å². The van der Waals surface area contributed by atoms with E-state index in [9.17, 15) is 10.2 Å². The Morgan fingerprint density at radius 3 is 2.44 bits per heavy atom. The Labute approximate surface area is 94.9 Å². The lowest BCUT2D eigenvalue weighted by Gasteiger charge is -2.28. The number of hydrogen-bond acceptors (Lipinski definition) is 3. The van der Waals surface area contributed by atoms with E-state index in [1.165, 1.54) is 19.3 Å². The summed E-state index contributed by atoms with van der Waals surface area (Å²) in [7, 11) is 0. The Balaban J connectivity index is 1.95. The third-order valence-electron chi connectivity index (χ3n) is 4.36. The number of aromatic hydroxyl groups is 2. The fourth-order valence-corrected chi connectivity index (χ4v) is 3.58. The first-order valence-corrected chi connectivity index (χ1v) is 5.94. The van der Waals surface area contributed by atoms with Crippen LogP contribution in [0.5, 0.6) is 11.5 Å². The van der Waals surface area contributed by atoms with Crippen molar-refractivity contribution >= 4 is 0 Å². The molecule has 2 aliphatic carbocycles. The van der Waals surface area contributed by atoms with Crippen LogP contribution in [-0.2, 0) is 0 Å². The molecule has 16 heavy (non-hydrogen) atoms. The molecule has 1 aromatic rings. The van der Waals surface area contributed by atoms with Crippen LogP contribution in [-0.4, -0.2) is 16.3 Å². The minimum Gasteiger partial charge on any atom is -0.504 e. The summed E-state index contributed by atoms with van der Waals surface area (Å²) in [6, 6.07) is 5.34. The van der Waals surface area contributed by atoms with Crippen molar-refractivity contribution in [2.24, 2.45) is 17.6 Å². The van der Waals surface area contributed by atoms with E-state index >= 15 is 0 Å². The molecular formula is C13H17NO2. The molecule has 0 unspecified atom stereocenters.